The Morgan fingerprint density at radius 1 is 1.03 bits per heavy atom. The summed E-state index contributed by atoms with van der Waals surface area (Å²) in [6, 6.07) is 4.84. The lowest BCUT2D eigenvalue weighted by molar-refractivity contribution is -0.137. The highest BCUT2D eigenvalue weighted by Gasteiger charge is 2.32. The van der Waals surface area contributed by atoms with E-state index in [4.69, 9.17) is 21.1 Å². The normalized spacial score (nSPS) is 17.5. The van der Waals surface area contributed by atoms with Crippen molar-refractivity contribution in [2.75, 3.05) is 44.3 Å². The average molecular weight is 493 g/mol. The molecule has 2 aliphatic rings. The fourth-order valence-electron chi connectivity index (χ4n) is 3.40. The van der Waals surface area contributed by atoms with Gasteiger partial charge in [0.2, 0.25) is 0 Å². The highest BCUT2D eigenvalue weighted by Crippen LogP contribution is 2.37. The van der Waals surface area contributed by atoms with E-state index in [1.54, 1.807) is 0 Å². The summed E-state index contributed by atoms with van der Waals surface area (Å²) in [5.74, 6) is 1.87. The lowest BCUT2D eigenvalue weighted by Crippen LogP contribution is -2.46. The SMILES string of the molecule is FC(F)(F)c1cnc(N2CCN(Cc3cc4c(cc3Br)OCCO4)CC2)c(Cl)c1. The van der Waals surface area contributed by atoms with E-state index in [1.165, 1.54) is 0 Å². The molecule has 0 N–H and O–H groups in total. The van der Waals surface area contributed by atoms with Crippen molar-refractivity contribution in [1.82, 2.24) is 9.88 Å². The molecular formula is C19H18BrClF3N3O2. The molecule has 0 amide bonds. The first-order chi connectivity index (χ1) is 13.8. The molecule has 10 heteroatoms. The van der Waals surface area contributed by atoms with Gasteiger partial charge in [0.05, 0.1) is 10.6 Å². The van der Waals surface area contributed by atoms with Gasteiger partial charge in [-0.15, -0.1) is 0 Å². The minimum Gasteiger partial charge on any atom is -0.486 e. The first-order valence-electron chi connectivity index (χ1n) is 9.09. The van der Waals surface area contributed by atoms with Crippen LogP contribution in [0.15, 0.2) is 28.9 Å². The summed E-state index contributed by atoms with van der Waals surface area (Å²) in [4.78, 5) is 8.14. The van der Waals surface area contributed by atoms with Gasteiger partial charge in [0.25, 0.3) is 0 Å². The Hall–Kier alpha value is -1.71. The minimum atomic E-state index is -4.45. The number of piperazine rings is 1. The van der Waals surface area contributed by atoms with Crippen LogP contribution in [0.4, 0.5) is 19.0 Å². The number of aromatic nitrogens is 1. The maximum absolute atomic E-state index is 12.8. The number of hydrogen-bond donors (Lipinski definition) is 0. The number of rotatable bonds is 3. The Morgan fingerprint density at radius 3 is 2.31 bits per heavy atom. The van der Waals surface area contributed by atoms with E-state index < -0.39 is 11.7 Å². The third kappa shape index (κ3) is 4.57. The molecule has 0 saturated carbocycles. The molecule has 1 aromatic heterocycles. The third-order valence-electron chi connectivity index (χ3n) is 4.93. The van der Waals surface area contributed by atoms with Crippen molar-refractivity contribution in [3.63, 3.8) is 0 Å². The lowest BCUT2D eigenvalue weighted by atomic mass is 10.1. The van der Waals surface area contributed by atoms with Gasteiger partial charge in [-0.3, -0.25) is 4.90 Å². The number of hydrogen-bond acceptors (Lipinski definition) is 5. The summed E-state index contributed by atoms with van der Waals surface area (Å²) in [5.41, 5.74) is 0.252. The average Bonchev–Trinajstić information content (AvgIpc) is 2.68. The molecule has 0 atom stereocenters. The lowest BCUT2D eigenvalue weighted by Gasteiger charge is -2.36. The molecule has 1 fully saturated rings. The van der Waals surface area contributed by atoms with Crippen molar-refractivity contribution in [3.05, 3.63) is 45.0 Å². The molecule has 1 aromatic carbocycles. The summed E-state index contributed by atoms with van der Waals surface area (Å²) < 4.78 is 50.6. The van der Waals surface area contributed by atoms with E-state index in [0.29, 0.717) is 32.1 Å². The number of fused-ring (bicyclic) bond motifs is 1. The molecule has 4 rings (SSSR count). The summed E-state index contributed by atoms with van der Waals surface area (Å²) in [7, 11) is 0. The van der Waals surface area contributed by atoms with Crippen molar-refractivity contribution in [2.24, 2.45) is 0 Å². The van der Waals surface area contributed by atoms with E-state index >= 15 is 0 Å². The van der Waals surface area contributed by atoms with Gasteiger partial charge < -0.3 is 14.4 Å². The molecule has 5 nitrogen and oxygen atoms in total. The highest BCUT2D eigenvalue weighted by molar-refractivity contribution is 9.10. The van der Waals surface area contributed by atoms with Crippen LogP contribution in [-0.2, 0) is 12.7 Å². The fourth-order valence-corrected chi connectivity index (χ4v) is 4.14. The maximum Gasteiger partial charge on any atom is 0.417 e. The summed E-state index contributed by atoms with van der Waals surface area (Å²) in [6.07, 6.45) is -3.62. The van der Waals surface area contributed by atoms with Crippen LogP contribution in [0.5, 0.6) is 11.5 Å². The molecular weight excluding hydrogens is 475 g/mol. The molecule has 2 aromatic rings. The Labute approximate surface area is 179 Å². The molecule has 0 aliphatic carbocycles. The molecule has 0 unspecified atom stereocenters. The zero-order valence-electron chi connectivity index (χ0n) is 15.3. The van der Waals surface area contributed by atoms with Crippen molar-refractivity contribution in [2.45, 2.75) is 12.7 Å². The van der Waals surface area contributed by atoms with Crippen LogP contribution in [0.1, 0.15) is 11.1 Å². The second-order valence-corrected chi connectivity index (χ2v) is 8.14. The van der Waals surface area contributed by atoms with E-state index in [2.05, 4.69) is 25.8 Å². The number of halogens is 5. The molecule has 0 radical (unpaired) electrons. The van der Waals surface area contributed by atoms with Gasteiger partial charge in [-0.2, -0.15) is 13.2 Å². The van der Waals surface area contributed by atoms with Crippen molar-refractivity contribution in [1.29, 1.82) is 0 Å². The van der Waals surface area contributed by atoms with Gasteiger partial charge in [0.15, 0.2) is 11.5 Å². The molecule has 2 aliphatic heterocycles. The topological polar surface area (TPSA) is 37.8 Å². The Balaban J connectivity index is 1.40. The minimum absolute atomic E-state index is 0.0165. The third-order valence-corrected chi connectivity index (χ3v) is 5.94. The van der Waals surface area contributed by atoms with Crippen LogP contribution in [0.3, 0.4) is 0 Å². The number of alkyl halides is 3. The number of ether oxygens (including phenoxy) is 2. The van der Waals surface area contributed by atoms with E-state index in [1.807, 2.05) is 17.0 Å². The van der Waals surface area contributed by atoms with Crippen molar-refractivity contribution in [3.8, 4) is 11.5 Å². The monoisotopic (exact) mass is 491 g/mol. The number of nitrogens with zero attached hydrogens (tertiary/aromatic N) is 3. The second kappa shape index (κ2) is 8.20. The van der Waals surface area contributed by atoms with Gasteiger partial charge in [0, 0.05) is 43.4 Å². The predicted molar refractivity (Wildman–Crippen MR) is 107 cm³/mol. The zero-order valence-corrected chi connectivity index (χ0v) is 17.6. The number of pyridine rings is 1. The van der Waals surface area contributed by atoms with Crippen LogP contribution in [0.25, 0.3) is 0 Å². The van der Waals surface area contributed by atoms with Crippen LogP contribution in [-0.4, -0.2) is 49.3 Å². The Kier molecular flexibility index (Phi) is 5.81. The fraction of sp³-hybridized carbons (Fsp3) is 0.421. The Bertz CT molecular complexity index is 905. The van der Waals surface area contributed by atoms with Crippen molar-refractivity contribution < 1.29 is 22.6 Å². The van der Waals surface area contributed by atoms with Crippen LogP contribution in [0.2, 0.25) is 5.02 Å². The van der Waals surface area contributed by atoms with E-state index in [0.717, 1.165) is 53.4 Å². The van der Waals surface area contributed by atoms with Crippen LogP contribution < -0.4 is 14.4 Å². The zero-order chi connectivity index (χ0) is 20.6. The Morgan fingerprint density at radius 2 is 1.69 bits per heavy atom. The molecule has 156 valence electrons. The molecule has 3 heterocycles. The standard InChI is InChI=1S/C19H18BrClF3N3O2/c20-14-9-17-16(28-5-6-29-17)7-12(14)11-26-1-3-27(4-2-26)18-15(21)8-13(10-25-18)19(22,23)24/h7-10H,1-6,11H2. The first kappa shape index (κ1) is 20.6. The van der Waals surface area contributed by atoms with Crippen LogP contribution in [0, 0.1) is 0 Å². The first-order valence-corrected chi connectivity index (χ1v) is 10.3. The number of benzene rings is 1. The van der Waals surface area contributed by atoms with Gasteiger partial charge in [0.1, 0.15) is 19.0 Å². The largest absolute Gasteiger partial charge is 0.486 e. The van der Waals surface area contributed by atoms with E-state index in [-0.39, 0.29) is 5.02 Å². The van der Waals surface area contributed by atoms with Gasteiger partial charge >= 0.3 is 6.18 Å². The summed E-state index contributed by atoms with van der Waals surface area (Å²) in [5, 5.41) is 0.0165. The molecule has 0 spiro atoms. The highest BCUT2D eigenvalue weighted by atomic mass is 79.9. The number of anilines is 1. The summed E-state index contributed by atoms with van der Waals surface area (Å²) in [6.45, 7) is 4.52. The quantitative estimate of drug-likeness (QED) is 0.626. The van der Waals surface area contributed by atoms with Gasteiger partial charge in [-0.25, -0.2) is 4.98 Å². The molecule has 0 bridgehead atoms. The van der Waals surface area contributed by atoms with Crippen LogP contribution >= 0.6 is 27.5 Å². The van der Waals surface area contributed by atoms with E-state index in [9.17, 15) is 13.2 Å². The predicted octanol–water partition coefficient (Wildman–Crippen LogP) is 4.61. The summed E-state index contributed by atoms with van der Waals surface area (Å²) >= 11 is 9.66. The van der Waals surface area contributed by atoms with Gasteiger partial charge in [-0.1, -0.05) is 27.5 Å². The van der Waals surface area contributed by atoms with Crippen molar-refractivity contribution >= 4 is 33.3 Å². The van der Waals surface area contributed by atoms with Gasteiger partial charge in [-0.05, 0) is 23.8 Å². The molecule has 1 saturated heterocycles. The maximum atomic E-state index is 12.8. The smallest absolute Gasteiger partial charge is 0.417 e. The second-order valence-electron chi connectivity index (χ2n) is 6.88. The molecule has 29 heavy (non-hydrogen) atoms.